The molecule has 0 radical (unpaired) electrons. The van der Waals surface area contributed by atoms with Crippen LogP contribution in [0, 0.1) is 11.8 Å². The second-order valence-corrected chi connectivity index (χ2v) is 4.59. The van der Waals surface area contributed by atoms with Crippen LogP contribution in [0.3, 0.4) is 0 Å². The van der Waals surface area contributed by atoms with Crippen LogP contribution in [-0.2, 0) is 0 Å². The molecule has 0 aliphatic rings. The van der Waals surface area contributed by atoms with Gasteiger partial charge in [0.05, 0.1) is 0 Å². The van der Waals surface area contributed by atoms with Gasteiger partial charge < -0.3 is 10.6 Å². The van der Waals surface area contributed by atoms with Crippen molar-refractivity contribution in [2.45, 2.75) is 40.2 Å². The van der Waals surface area contributed by atoms with Crippen molar-refractivity contribution >= 4 is 0 Å². The summed E-state index contributed by atoms with van der Waals surface area (Å²) in [5.74, 6) is 1.39. The summed E-state index contributed by atoms with van der Waals surface area (Å²) in [6.07, 6.45) is 1.21. The van der Waals surface area contributed by atoms with Crippen LogP contribution in [0.15, 0.2) is 0 Å². The molecule has 2 atom stereocenters. The van der Waals surface area contributed by atoms with Crippen LogP contribution < -0.4 is 5.73 Å². The summed E-state index contributed by atoms with van der Waals surface area (Å²) < 4.78 is 0. The molecule has 2 unspecified atom stereocenters. The van der Waals surface area contributed by atoms with Crippen LogP contribution in [0.4, 0.5) is 0 Å². The molecule has 0 amide bonds. The maximum Gasteiger partial charge on any atom is 0.00868 e. The number of hydrogen-bond acceptors (Lipinski definition) is 2. The average molecular weight is 186 g/mol. The third-order valence-corrected chi connectivity index (χ3v) is 3.04. The lowest BCUT2D eigenvalue weighted by Gasteiger charge is -2.28. The zero-order valence-corrected chi connectivity index (χ0v) is 9.88. The Morgan fingerprint density at radius 3 is 2.08 bits per heavy atom. The Morgan fingerprint density at radius 2 is 1.69 bits per heavy atom. The molecular formula is C11H26N2. The molecular weight excluding hydrogens is 160 g/mol. The second-order valence-electron chi connectivity index (χ2n) is 4.59. The number of nitrogens with two attached hydrogens (primary N) is 1. The summed E-state index contributed by atoms with van der Waals surface area (Å²) in [5.41, 5.74) is 5.58. The highest BCUT2D eigenvalue weighted by Crippen LogP contribution is 2.10. The predicted molar refractivity (Wildman–Crippen MR) is 59.8 cm³/mol. The van der Waals surface area contributed by atoms with Crippen molar-refractivity contribution in [3.63, 3.8) is 0 Å². The van der Waals surface area contributed by atoms with Crippen LogP contribution in [0.25, 0.3) is 0 Å². The van der Waals surface area contributed by atoms with Gasteiger partial charge in [-0.15, -0.1) is 0 Å². The lowest BCUT2D eigenvalue weighted by molar-refractivity contribution is 0.197. The minimum Gasteiger partial charge on any atom is -0.330 e. The zero-order valence-electron chi connectivity index (χ0n) is 9.88. The van der Waals surface area contributed by atoms with Crippen molar-refractivity contribution in [1.29, 1.82) is 0 Å². The van der Waals surface area contributed by atoms with E-state index in [0.29, 0.717) is 12.0 Å². The van der Waals surface area contributed by atoms with Gasteiger partial charge in [-0.25, -0.2) is 0 Å². The number of hydrogen-bond donors (Lipinski definition) is 1. The van der Waals surface area contributed by atoms with Crippen molar-refractivity contribution < 1.29 is 0 Å². The van der Waals surface area contributed by atoms with Crippen LogP contribution in [-0.4, -0.2) is 31.1 Å². The molecule has 13 heavy (non-hydrogen) atoms. The molecule has 0 saturated carbocycles. The van der Waals surface area contributed by atoms with Crippen LogP contribution in [0.1, 0.15) is 34.1 Å². The van der Waals surface area contributed by atoms with Gasteiger partial charge in [-0.05, 0) is 45.3 Å². The van der Waals surface area contributed by atoms with E-state index in [9.17, 15) is 0 Å². The van der Waals surface area contributed by atoms with Crippen molar-refractivity contribution in [1.82, 2.24) is 4.90 Å². The molecule has 0 aromatic heterocycles. The number of rotatable bonds is 6. The van der Waals surface area contributed by atoms with Crippen molar-refractivity contribution in [2.24, 2.45) is 17.6 Å². The van der Waals surface area contributed by atoms with Crippen molar-refractivity contribution in [2.75, 3.05) is 20.1 Å². The van der Waals surface area contributed by atoms with Gasteiger partial charge >= 0.3 is 0 Å². The fourth-order valence-corrected chi connectivity index (χ4v) is 1.25. The molecule has 0 aromatic carbocycles. The van der Waals surface area contributed by atoms with Gasteiger partial charge in [-0.2, -0.15) is 0 Å². The zero-order chi connectivity index (χ0) is 10.4. The van der Waals surface area contributed by atoms with E-state index in [1.54, 1.807) is 0 Å². The van der Waals surface area contributed by atoms with E-state index in [2.05, 4.69) is 39.6 Å². The Bertz CT molecular complexity index is 123. The third-order valence-electron chi connectivity index (χ3n) is 3.04. The quantitative estimate of drug-likeness (QED) is 0.687. The van der Waals surface area contributed by atoms with E-state index in [1.165, 1.54) is 6.42 Å². The summed E-state index contributed by atoms with van der Waals surface area (Å²) >= 11 is 0. The maximum absolute atomic E-state index is 5.58. The Morgan fingerprint density at radius 1 is 1.15 bits per heavy atom. The molecule has 0 aliphatic carbocycles. The first-order valence-corrected chi connectivity index (χ1v) is 5.39. The highest BCUT2D eigenvalue weighted by molar-refractivity contribution is 4.67. The molecule has 0 spiro atoms. The first-order chi connectivity index (χ1) is 5.99. The fraction of sp³-hybridized carbons (Fsp3) is 1.00. The lowest BCUT2D eigenvalue weighted by Crippen LogP contribution is -2.35. The number of nitrogens with zero attached hydrogens (tertiary/aromatic N) is 1. The van der Waals surface area contributed by atoms with Gasteiger partial charge in [0.1, 0.15) is 0 Å². The second kappa shape index (κ2) is 6.39. The van der Waals surface area contributed by atoms with E-state index in [1.807, 2.05) is 0 Å². The topological polar surface area (TPSA) is 29.3 Å². The Hall–Kier alpha value is -0.0800. The largest absolute Gasteiger partial charge is 0.330 e. The third kappa shape index (κ3) is 5.27. The van der Waals surface area contributed by atoms with Crippen molar-refractivity contribution in [3.05, 3.63) is 0 Å². The van der Waals surface area contributed by atoms with Gasteiger partial charge in [-0.1, -0.05) is 20.8 Å². The molecule has 0 fully saturated rings. The van der Waals surface area contributed by atoms with Gasteiger partial charge in [0.15, 0.2) is 0 Å². The molecule has 0 bridgehead atoms. The van der Waals surface area contributed by atoms with Crippen LogP contribution >= 0.6 is 0 Å². The van der Waals surface area contributed by atoms with E-state index in [4.69, 9.17) is 5.73 Å². The van der Waals surface area contributed by atoms with Crippen molar-refractivity contribution in [3.8, 4) is 0 Å². The molecule has 2 N–H and O–H groups in total. The van der Waals surface area contributed by atoms with Gasteiger partial charge in [0, 0.05) is 6.04 Å². The van der Waals surface area contributed by atoms with Gasteiger partial charge in [0.2, 0.25) is 0 Å². The lowest BCUT2D eigenvalue weighted by atomic mass is 10.0. The van der Waals surface area contributed by atoms with E-state index in [0.717, 1.165) is 19.0 Å². The summed E-state index contributed by atoms with van der Waals surface area (Å²) in [4.78, 5) is 2.43. The first-order valence-electron chi connectivity index (χ1n) is 5.39. The van der Waals surface area contributed by atoms with E-state index in [-0.39, 0.29) is 0 Å². The standard InChI is InChI=1S/C11H26N2/c1-9(2)11(4)13(5)7-6-10(3)8-12/h9-11H,6-8,12H2,1-5H3. The Kier molecular flexibility index (Phi) is 6.35. The highest BCUT2D eigenvalue weighted by Gasteiger charge is 2.13. The molecule has 0 saturated heterocycles. The molecule has 0 aromatic rings. The molecule has 2 heteroatoms. The monoisotopic (exact) mass is 186 g/mol. The first kappa shape index (κ1) is 12.9. The van der Waals surface area contributed by atoms with Gasteiger partial charge in [-0.3, -0.25) is 0 Å². The normalized spacial score (nSPS) is 16.6. The minimum atomic E-state index is 0.654. The highest BCUT2D eigenvalue weighted by atomic mass is 15.1. The summed E-state index contributed by atoms with van der Waals surface area (Å²) in [6.45, 7) is 11.0. The molecule has 0 aliphatic heterocycles. The Labute approximate surface area is 83.5 Å². The summed E-state index contributed by atoms with van der Waals surface area (Å²) in [6, 6.07) is 0.671. The maximum atomic E-state index is 5.58. The van der Waals surface area contributed by atoms with Gasteiger partial charge in [0.25, 0.3) is 0 Å². The summed E-state index contributed by atoms with van der Waals surface area (Å²) in [5, 5.41) is 0. The van der Waals surface area contributed by atoms with E-state index >= 15 is 0 Å². The molecule has 0 rings (SSSR count). The minimum absolute atomic E-state index is 0.654. The van der Waals surface area contributed by atoms with Crippen LogP contribution in [0.5, 0.6) is 0 Å². The summed E-state index contributed by atoms with van der Waals surface area (Å²) in [7, 11) is 2.20. The molecule has 80 valence electrons. The average Bonchev–Trinajstić information content (AvgIpc) is 2.11. The Balaban J connectivity index is 3.67. The predicted octanol–water partition coefficient (Wildman–Crippen LogP) is 1.95. The smallest absolute Gasteiger partial charge is 0.00868 e. The van der Waals surface area contributed by atoms with Crippen LogP contribution in [0.2, 0.25) is 0 Å². The fourth-order valence-electron chi connectivity index (χ4n) is 1.25. The molecule has 0 heterocycles. The molecule has 2 nitrogen and oxygen atoms in total. The SMILES string of the molecule is CC(CN)CCN(C)C(C)C(C)C. The van der Waals surface area contributed by atoms with E-state index < -0.39 is 0 Å².